The minimum absolute atomic E-state index is 0.247. The fraction of sp³-hybridized carbons (Fsp3) is 0.118. The van der Waals surface area contributed by atoms with Crippen LogP contribution in [0.15, 0.2) is 48.7 Å². The van der Waals surface area contributed by atoms with Gasteiger partial charge in [0.25, 0.3) is 5.91 Å². The summed E-state index contributed by atoms with van der Waals surface area (Å²) in [7, 11) is 1.41. The van der Waals surface area contributed by atoms with E-state index in [0.717, 1.165) is 10.7 Å². The van der Waals surface area contributed by atoms with Gasteiger partial charge in [-0.05, 0) is 30.3 Å². The van der Waals surface area contributed by atoms with Gasteiger partial charge in [-0.1, -0.05) is 23.7 Å². The van der Waals surface area contributed by atoms with Crippen LogP contribution >= 0.6 is 11.6 Å². The van der Waals surface area contributed by atoms with Gasteiger partial charge < -0.3 is 5.32 Å². The van der Waals surface area contributed by atoms with Gasteiger partial charge in [0, 0.05) is 18.8 Å². The average Bonchev–Trinajstić information content (AvgIpc) is 2.98. The molecule has 134 valence electrons. The molecule has 2 aromatic heterocycles. The molecule has 0 spiro atoms. The van der Waals surface area contributed by atoms with Crippen LogP contribution in [0.1, 0.15) is 16.1 Å². The molecule has 1 amide bonds. The first-order valence-electron chi connectivity index (χ1n) is 7.39. The SMILES string of the molecule is Cn1nc(C(F)(F)F)cc1-c1ccc(NC(=O)c2ccccc2Cl)nc1. The van der Waals surface area contributed by atoms with Crippen molar-refractivity contribution in [2.24, 2.45) is 7.05 Å². The van der Waals surface area contributed by atoms with Crippen molar-refractivity contribution in [1.82, 2.24) is 14.8 Å². The lowest BCUT2D eigenvalue weighted by Crippen LogP contribution is -2.13. The van der Waals surface area contributed by atoms with Crippen LogP contribution in [-0.4, -0.2) is 20.7 Å². The van der Waals surface area contributed by atoms with Gasteiger partial charge in [-0.25, -0.2) is 4.98 Å². The number of nitrogens with zero attached hydrogens (tertiary/aromatic N) is 3. The number of amides is 1. The number of pyridine rings is 1. The Morgan fingerprint density at radius 2 is 1.92 bits per heavy atom. The Morgan fingerprint density at radius 3 is 2.50 bits per heavy atom. The zero-order valence-corrected chi connectivity index (χ0v) is 14.1. The standard InChI is InChI=1S/C17H12ClF3N4O/c1-25-13(8-14(24-25)17(19,20)21)10-6-7-15(22-9-10)23-16(26)11-4-2-3-5-12(11)18/h2-9H,1H3,(H,22,23,26). The first kappa shape index (κ1) is 17.9. The van der Waals surface area contributed by atoms with Gasteiger partial charge in [0.15, 0.2) is 5.69 Å². The summed E-state index contributed by atoms with van der Waals surface area (Å²) in [5, 5.41) is 6.34. The monoisotopic (exact) mass is 380 g/mol. The topological polar surface area (TPSA) is 59.8 Å². The van der Waals surface area contributed by atoms with Crippen LogP contribution < -0.4 is 5.32 Å². The second kappa shape index (κ2) is 6.80. The summed E-state index contributed by atoms with van der Waals surface area (Å²) in [5.41, 5.74) is 0.00708. The molecule has 0 atom stereocenters. The Bertz CT molecular complexity index is 951. The molecule has 5 nitrogen and oxygen atoms in total. The smallest absolute Gasteiger partial charge is 0.307 e. The van der Waals surface area contributed by atoms with Crippen molar-refractivity contribution in [3.8, 4) is 11.3 Å². The highest BCUT2D eigenvalue weighted by Gasteiger charge is 2.34. The zero-order chi connectivity index (χ0) is 18.9. The lowest BCUT2D eigenvalue weighted by atomic mass is 10.2. The third kappa shape index (κ3) is 3.70. The fourth-order valence-electron chi connectivity index (χ4n) is 2.32. The van der Waals surface area contributed by atoms with Crippen molar-refractivity contribution in [1.29, 1.82) is 0 Å². The van der Waals surface area contributed by atoms with Crippen molar-refractivity contribution in [2.75, 3.05) is 5.32 Å². The van der Waals surface area contributed by atoms with Crippen LogP contribution in [0.2, 0.25) is 5.02 Å². The fourth-order valence-corrected chi connectivity index (χ4v) is 2.55. The van der Waals surface area contributed by atoms with E-state index < -0.39 is 17.8 Å². The largest absolute Gasteiger partial charge is 0.435 e. The second-order valence-electron chi connectivity index (χ2n) is 5.40. The quantitative estimate of drug-likeness (QED) is 0.732. The molecule has 3 rings (SSSR count). The predicted octanol–water partition coefficient (Wildman–Crippen LogP) is 4.41. The molecule has 2 heterocycles. The van der Waals surface area contributed by atoms with Crippen LogP contribution in [0, 0.1) is 0 Å². The minimum Gasteiger partial charge on any atom is -0.307 e. The molecule has 0 aliphatic carbocycles. The van der Waals surface area contributed by atoms with E-state index in [9.17, 15) is 18.0 Å². The number of aromatic nitrogens is 3. The summed E-state index contributed by atoms with van der Waals surface area (Å²) in [4.78, 5) is 16.2. The van der Waals surface area contributed by atoms with E-state index in [1.807, 2.05) is 0 Å². The molecule has 9 heteroatoms. The average molecular weight is 381 g/mol. The third-order valence-corrected chi connectivity index (χ3v) is 3.92. The maximum Gasteiger partial charge on any atom is 0.435 e. The number of carbonyl (C=O) groups excluding carboxylic acids is 1. The lowest BCUT2D eigenvalue weighted by molar-refractivity contribution is -0.141. The van der Waals surface area contributed by atoms with E-state index in [1.54, 1.807) is 30.3 Å². The lowest BCUT2D eigenvalue weighted by Gasteiger charge is -2.07. The van der Waals surface area contributed by atoms with Crippen molar-refractivity contribution in [3.05, 3.63) is 64.9 Å². The highest BCUT2D eigenvalue weighted by molar-refractivity contribution is 6.34. The summed E-state index contributed by atoms with van der Waals surface area (Å²) in [6, 6.07) is 10.5. The predicted molar refractivity (Wildman–Crippen MR) is 90.8 cm³/mol. The molecule has 0 radical (unpaired) electrons. The van der Waals surface area contributed by atoms with Gasteiger partial charge >= 0.3 is 6.18 Å². The summed E-state index contributed by atoms with van der Waals surface area (Å²) < 4.78 is 39.4. The summed E-state index contributed by atoms with van der Waals surface area (Å²) >= 11 is 5.96. The molecular weight excluding hydrogens is 369 g/mol. The Hall–Kier alpha value is -2.87. The summed E-state index contributed by atoms with van der Waals surface area (Å²) in [5.74, 6) is -0.187. The Labute approximate surface area is 151 Å². The van der Waals surface area contributed by atoms with Crippen molar-refractivity contribution >= 4 is 23.3 Å². The van der Waals surface area contributed by atoms with Gasteiger partial charge in [0.1, 0.15) is 5.82 Å². The first-order valence-corrected chi connectivity index (χ1v) is 7.77. The number of benzene rings is 1. The Kier molecular flexibility index (Phi) is 4.69. The molecule has 0 saturated heterocycles. The number of hydrogen-bond donors (Lipinski definition) is 1. The number of nitrogens with one attached hydrogen (secondary N) is 1. The molecule has 3 aromatic rings. The van der Waals surface area contributed by atoms with E-state index in [1.165, 1.54) is 19.3 Å². The second-order valence-corrected chi connectivity index (χ2v) is 5.81. The summed E-state index contributed by atoms with van der Waals surface area (Å²) in [6.07, 6.45) is -3.16. The molecule has 0 unspecified atom stereocenters. The van der Waals surface area contributed by atoms with Gasteiger partial charge in [-0.15, -0.1) is 0 Å². The van der Waals surface area contributed by atoms with Crippen molar-refractivity contribution in [2.45, 2.75) is 6.18 Å². The minimum atomic E-state index is -4.52. The normalized spacial score (nSPS) is 11.4. The molecule has 1 aromatic carbocycles. The van der Waals surface area contributed by atoms with Crippen LogP contribution in [0.3, 0.4) is 0 Å². The number of hydrogen-bond acceptors (Lipinski definition) is 3. The number of halogens is 4. The Balaban J connectivity index is 1.80. The van der Waals surface area contributed by atoms with E-state index in [2.05, 4.69) is 15.4 Å². The van der Waals surface area contributed by atoms with Crippen LogP contribution in [-0.2, 0) is 13.2 Å². The highest BCUT2D eigenvalue weighted by Crippen LogP contribution is 2.31. The molecule has 0 fully saturated rings. The number of aryl methyl sites for hydroxylation is 1. The third-order valence-electron chi connectivity index (χ3n) is 3.59. The van der Waals surface area contributed by atoms with E-state index in [4.69, 9.17) is 11.6 Å². The molecule has 0 aliphatic rings. The van der Waals surface area contributed by atoms with Crippen molar-refractivity contribution < 1.29 is 18.0 Å². The molecule has 1 N–H and O–H groups in total. The van der Waals surface area contributed by atoms with Gasteiger partial charge in [0.05, 0.1) is 16.3 Å². The number of alkyl halides is 3. The zero-order valence-electron chi connectivity index (χ0n) is 13.4. The molecule has 0 saturated carbocycles. The molecule has 26 heavy (non-hydrogen) atoms. The van der Waals surface area contributed by atoms with Gasteiger partial charge in [0.2, 0.25) is 0 Å². The number of anilines is 1. The van der Waals surface area contributed by atoms with E-state index >= 15 is 0 Å². The number of rotatable bonds is 3. The highest BCUT2D eigenvalue weighted by atomic mass is 35.5. The van der Waals surface area contributed by atoms with Gasteiger partial charge in [-0.2, -0.15) is 18.3 Å². The molecule has 0 aliphatic heterocycles. The van der Waals surface area contributed by atoms with E-state index in [0.29, 0.717) is 16.1 Å². The summed E-state index contributed by atoms with van der Waals surface area (Å²) in [6.45, 7) is 0. The maximum absolute atomic E-state index is 12.7. The van der Waals surface area contributed by atoms with Crippen LogP contribution in [0.4, 0.5) is 19.0 Å². The molecule has 0 bridgehead atoms. The van der Waals surface area contributed by atoms with Crippen molar-refractivity contribution in [3.63, 3.8) is 0 Å². The van der Waals surface area contributed by atoms with Crippen LogP contribution in [0.5, 0.6) is 0 Å². The van der Waals surface area contributed by atoms with Gasteiger partial charge in [-0.3, -0.25) is 9.48 Å². The van der Waals surface area contributed by atoms with E-state index in [-0.39, 0.29) is 11.5 Å². The number of carbonyl (C=O) groups is 1. The molecular formula is C17H12ClF3N4O. The first-order chi connectivity index (χ1) is 12.3. The maximum atomic E-state index is 12.7. The Morgan fingerprint density at radius 1 is 1.19 bits per heavy atom. The van der Waals surface area contributed by atoms with Crippen LogP contribution in [0.25, 0.3) is 11.3 Å².